The molecule has 1 aromatic carbocycles. The van der Waals surface area contributed by atoms with Crippen LogP contribution in [0.25, 0.3) is 11.1 Å². The molecule has 2 aromatic rings. The number of hydrogen-bond acceptors (Lipinski definition) is 6. The maximum Gasteiger partial charge on any atom is 0.298 e. The standard InChI is InChI=1S/C21H29N3O4/c1-14(22-15(2)25)12-26-17-7-9-24(10-8-17)21-23-19-6-5-18(11-20(19)28-21)27-13-16-3-4-16/h5-6,11,14,16-17H,3-4,7-10,12-13H2,1-2H3,(H,22,25)/t14-/m0/s1. The van der Waals surface area contributed by atoms with Crippen LogP contribution < -0.4 is 15.0 Å². The van der Waals surface area contributed by atoms with E-state index in [2.05, 4.69) is 15.2 Å². The molecule has 7 heteroatoms. The van der Waals surface area contributed by atoms with Gasteiger partial charge in [0.05, 0.1) is 19.3 Å². The number of amides is 1. The Labute approximate surface area is 165 Å². The van der Waals surface area contributed by atoms with Crippen LogP contribution in [0.2, 0.25) is 0 Å². The van der Waals surface area contributed by atoms with E-state index in [0.29, 0.717) is 12.6 Å². The second-order valence-electron chi connectivity index (χ2n) is 8.00. The molecule has 1 amide bonds. The minimum absolute atomic E-state index is 0.0250. The van der Waals surface area contributed by atoms with Crippen LogP contribution >= 0.6 is 0 Å². The monoisotopic (exact) mass is 387 g/mol. The highest BCUT2D eigenvalue weighted by molar-refractivity contribution is 5.76. The predicted octanol–water partition coefficient (Wildman–Crippen LogP) is 3.13. The van der Waals surface area contributed by atoms with Gasteiger partial charge in [-0.25, -0.2) is 0 Å². The van der Waals surface area contributed by atoms with Crippen LogP contribution in [0.3, 0.4) is 0 Å². The van der Waals surface area contributed by atoms with Crippen molar-refractivity contribution in [2.24, 2.45) is 5.92 Å². The van der Waals surface area contributed by atoms with Gasteiger partial charge in [0.15, 0.2) is 5.58 Å². The van der Waals surface area contributed by atoms with E-state index < -0.39 is 0 Å². The van der Waals surface area contributed by atoms with Crippen LogP contribution in [-0.4, -0.2) is 49.3 Å². The zero-order valence-electron chi connectivity index (χ0n) is 16.6. The van der Waals surface area contributed by atoms with Crippen LogP contribution in [0.15, 0.2) is 22.6 Å². The smallest absolute Gasteiger partial charge is 0.298 e. The van der Waals surface area contributed by atoms with Crippen LogP contribution in [0, 0.1) is 5.92 Å². The molecule has 1 saturated heterocycles. The number of benzene rings is 1. The Morgan fingerprint density at radius 1 is 1.32 bits per heavy atom. The normalized spacial score (nSPS) is 19.0. The number of piperidine rings is 1. The Morgan fingerprint density at radius 2 is 2.11 bits per heavy atom. The van der Waals surface area contributed by atoms with Gasteiger partial charge in [0.2, 0.25) is 5.91 Å². The second kappa shape index (κ2) is 8.39. The molecule has 1 aromatic heterocycles. The maximum atomic E-state index is 11.1. The number of oxazole rings is 1. The molecule has 1 atom stereocenters. The number of rotatable bonds is 8. The lowest BCUT2D eigenvalue weighted by Gasteiger charge is -2.31. The van der Waals surface area contributed by atoms with Crippen molar-refractivity contribution in [2.45, 2.75) is 51.7 Å². The summed E-state index contributed by atoms with van der Waals surface area (Å²) in [6.07, 6.45) is 4.60. The second-order valence-corrected chi connectivity index (χ2v) is 8.00. The Hall–Kier alpha value is -2.28. The third kappa shape index (κ3) is 4.95. The third-order valence-corrected chi connectivity index (χ3v) is 5.28. The highest BCUT2D eigenvalue weighted by Crippen LogP contribution is 2.31. The van der Waals surface area contributed by atoms with Gasteiger partial charge < -0.3 is 24.1 Å². The van der Waals surface area contributed by atoms with Crippen molar-refractivity contribution in [3.8, 4) is 5.75 Å². The number of ether oxygens (including phenoxy) is 2. The summed E-state index contributed by atoms with van der Waals surface area (Å²) < 4.78 is 17.8. The lowest BCUT2D eigenvalue weighted by atomic mass is 10.1. The number of carbonyl (C=O) groups is 1. The van der Waals surface area contributed by atoms with E-state index in [9.17, 15) is 4.79 Å². The molecule has 1 aliphatic heterocycles. The van der Waals surface area contributed by atoms with Crippen molar-refractivity contribution in [1.29, 1.82) is 0 Å². The highest BCUT2D eigenvalue weighted by Gasteiger charge is 2.24. The van der Waals surface area contributed by atoms with Crippen molar-refractivity contribution in [2.75, 3.05) is 31.2 Å². The third-order valence-electron chi connectivity index (χ3n) is 5.28. The van der Waals surface area contributed by atoms with Crippen molar-refractivity contribution >= 4 is 23.0 Å². The Balaban J connectivity index is 1.29. The molecule has 0 radical (unpaired) electrons. The first-order valence-electron chi connectivity index (χ1n) is 10.2. The number of fused-ring (bicyclic) bond motifs is 1. The number of hydrogen-bond donors (Lipinski definition) is 1. The van der Waals surface area contributed by atoms with E-state index in [1.807, 2.05) is 25.1 Å². The largest absolute Gasteiger partial charge is 0.493 e. The van der Waals surface area contributed by atoms with E-state index in [4.69, 9.17) is 13.9 Å². The summed E-state index contributed by atoms with van der Waals surface area (Å²) in [5.41, 5.74) is 1.63. The van der Waals surface area contributed by atoms with Gasteiger partial charge >= 0.3 is 0 Å². The molecule has 7 nitrogen and oxygen atoms in total. The Bertz CT molecular complexity index is 809. The zero-order chi connectivity index (χ0) is 19.5. The fourth-order valence-electron chi connectivity index (χ4n) is 3.50. The number of carbonyl (C=O) groups excluding carboxylic acids is 1. The topological polar surface area (TPSA) is 76.8 Å². The van der Waals surface area contributed by atoms with Crippen molar-refractivity contribution < 1.29 is 18.7 Å². The fraction of sp³-hybridized carbons (Fsp3) is 0.619. The molecule has 2 aliphatic rings. The Kier molecular flexibility index (Phi) is 5.71. The lowest BCUT2D eigenvalue weighted by molar-refractivity contribution is -0.120. The summed E-state index contributed by atoms with van der Waals surface area (Å²) in [6, 6.07) is 6.56. The minimum Gasteiger partial charge on any atom is -0.493 e. The SMILES string of the molecule is CC(=O)N[C@@H](C)COC1CCN(c2nc3ccc(OCC4CC4)cc3o2)CC1. The molecule has 28 heavy (non-hydrogen) atoms. The first-order valence-corrected chi connectivity index (χ1v) is 10.2. The Morgan fingerprint density at radius 3 is 2.82 bits per heavy atom. The van der Waals surface area contributed by atoms with Crippen LogP contribution in [0.1, 0.15) is 39.5 Å². The summed E-state index contributed by atoms with van der Waals surface area (Å²) in [4.78, 5) is 17.9. The first kappa shape index (κ1) is 19.1. The molecule has 1 saturated carbocycles. The molecule has 0 spiro atoms. The van der Waals surface area contributed by atoms with E-state index in [-0.39, 0.29) is 18.1 Å². The zero-order valence-corrected chi connectivity index (χ0v) is 16.6. The molecule has 152 valence electrons. The molecule has 4 rings (SSSR count). The highest BCUT2D eigenvalue weighted by atomic mass is 16.5. The van der Waals surface area contributed by atoms with E-state index >= 15 is 0 Å². The van der Waals surface area contributed by atoms with Gasteiger partial charge in [-0.05, 0) is 50.7 Å². The van der Waals surface area contributed by atoms with Crippen molar-refractivity contribution in [3.63, 3.8) is 0 Å². The van der Waals surface area contributed by atoms with Gasteiger partial charge in [0.25, 0.3) is 6.01 Å². The molecular weight excluding hydrogens is 358 g/mol. The fourth-order valence-corrected chi connectivity index (χ4v) is 3.50. The molecule has 1 N–H and O–H groups in total. The maximum absolute atomic E-state index is 11.1. The number of nitrogens with one attached hydrogen (secondary N) is 1. The summed E-state index contributed by atoms with van der Waals surface area (Å²) >= 11 is 0. The average Bonchev–Trinajstić information content (AvgIpc) is 3.41. The summed E-state index contributed by atoms with van der Waals surface area (Å²) in [7, 11) is 0. The lowest BCUT2D eigenvalue weighted by Crippen LogP contribution is -2.40. The predicted molar refractivity (Wildman–Crippen MR) is 107 cm³/mol. The van der Waals surface area contributed by atoms with Crippen LogP contribution in [0.5, 0.6) is 5.75 Å². The summed E-state index contributed by atoms with van der Waals surface area (Å²) in [6.45, 7) is 6.50. The van der Waals surface area contributed by atoms with E-state index in [1.165, 1.54) is 19.8 Å². The van der Waals surface area contributed by atoms with Gasteiger partial charge in [-0.2, -0.15) is 4.98 Å². The van der Waals surface area contributed by atoms with Gasteiger partial charge in [-0.3, -0.25) is 4.79 Å². The number of anilines is 1. The molecule has 2 heterocycles. The average molecular weight is 387 g/mol. The van der Waals surface area contributed by atoms with Gasteiger partial charge in [-0.15, -0.1) is 0 Å². The number of aromatic nitrogens is 1. The van der Waals surface area contributed by atoms with Gasteiger partial charge in [0.1, 0.15) is 11.3 Å². The first-order chi connectivity index (χ1) is 13.6. The molecule has 2 fully saturated rings. The van der Waals surface area contributed by atoms with E-state index in [1.54, 1.807) is 0 Å². The van der Waals surface area contributed by atoms with Crippen molar-refractivity contribution in [3.05, 3.63) is 18.2 Å². The summed E-state index contributed by atoms with van der Waals surface area (Å²) in [5, 5.41) is 2.85. The quantitative estimate of drug-likeness (QED) is 0.750. The molecule has 1 aliphatic carbocycles. The molecule has 0 bridgehead atoms. The van der Waals surface area contributed by atoms with Gasteiger partial charge in [0, 0.05) is 32.1 Å². The van der Waals surface area contributed by atoms with Crippen molar-refractivity contribution in [1.82, 2.24) is 10.3 Å². The van der Waals surface area contributed by atoms with Crippen LogP contribution in [-0.2, 0) is 9.53 Å². The van der Waals surface area contributed by atoms with Crippen LogP contribution in [0.4, 0.5) is 6.01 Å². The van der Waals surface area contributed by atoms with E-state index in [0.717, 1.165) is 55.3 Å². The minimum atomic E-state index is -0.0250. The summed E-state index contributed by atoms with van der Waals surface area (Å²) in [5.74, 6) is 1.55. The number of nitrogens with zero attached hydrogens (tertiary/aromatic N) is 2. The molecular formula is C21H29N3O4. The van der Waals surface area contributed by atoms with Gasteiger partial charge in [-0.1, -0.05) is 0 Å². The molecule has 0 unspecified atom stereocenters.